The van der Waals surface area contributed by atoms with Gasteiger partial charge in [-0.2, -0.15) is 0 Å². The predicted octanol–water partition coefficient (Wildman–Crippen LogP) is 5.04. The van der Waals surface area contributed by atoms with Crippen LogP contribution in [-0.4, -0.2) is 63.6 Å². The molecule has 3 aromatic heterocycles. The van der Waals surface area contributed by atoms with E-state index in [1.807, 2.05) is 18.3 Å². The maximum atomic E-state index is 12.9. The molecule has 2 N–H and O–H groups in total. The standard InChI is InChI=1S/C29H35N7O2/c1-19(2)36-18-23(22-10-12-30-17-26(22)36)24-11-14-32-29(33-24)34-25-16-20(7-8-27(25)38-4)28(37)31-13-9-21-6-5-15-35(21)3/h7-8,10-12,14,16-19,21H,5-6,9,13,15H2,1-4H3,(H,31,37)(H,32,33,34). The Hall–Kier alpha value is -3.98. The summed E-state index contributed by atoms with van der Waals surface area (Å²) in [5.41, 5.74) is 4.04. The number of rotatable bonds is 9. The minimum absolute atomic E-state index is 0.110. The molecule has 0 bridgehead atoms. The first kappa shape index (κ1) is 25.7. The Morgan fingerprint density at radius 2 is 2.08 bits per heavy atom. The number of amides is 1. The number of pyridine rings is 1. The number of ether oxygens (including phenoxy) is 1. The van der Waals surface area contributed by atoms with Crippen LogP contribution >= 0.6 is 0 Å². The van der Waals surface area contributed by atoms with Crippen LogP contribution < -0.4 is 15.4 Å². The topological polar surface area (TPSA) is 97.2 Å². The minimum atomic E-state index is -0.110. The molecule has 1 aliphatic heterocycles. The highest BCUT2D eigenvalue weighted by molar-refractivity contribution is 5.96. The van der Waals surface area contributed by atoms with Crippen LogP contribution in [0.2, 0.25) is 0 Å². The Kier molecular flexibility index (Phi) is 7.55. The van der Waals surface area contributed by atoms with Crippen molar-refractivity contribution in [3.63, 3.8) is 0 Å². The smallest absolute Gasteiger partial charge is 0.251 e. The molecule has 9 heteroatoms. The van der Waals surface area contributed by atoms with Crippen molar-refractivity contribution in [3.8, 4) is 17.0 Å². The van der Waals surface area contributed by atoms with E-state index in [1.54, 1.807) is 37.7 Å². The van der Waals surface area contributed by atoms with Gasteiger partial charge in [-0.15, -0.1) is 0 Å². The molecule has 198 valence electrons. The Labute approximate surface area is 223 Å². The zero-order valence-electron chi connectivity index (χ0n) is 22.4. The molecule has 9 nitrogen and oxygen atoms in total. The van der Waals surface area contributed by atoms with Crippen LogP contribution in [0.1, 0.15) is 49.5 Å². The van der Waals surface area contributed by atoms with E-state index in [9.17, 15) is 4.79 Å². The van der Waals surface area contributed by atoms with Gasteiger partial charge in [0, 0.05) is 53.7 Å². The molecule has 5 rings (SSSR count). The summed E-state index contributed by atoms with van der Waals surface area (Å²) < 4.78 is 7.75. The third-order valence-electron chi connectivity index (χ3n) is 7.27. The number of hydrogen-bond donors (Lipinski definition) is 2. The number of methoxy groups -OCH3 is 1. The monoisotopic (exact) mass is 513 g/mol. The fourth-order valence-corrected chi connectivity index (χ4v) is 5.16. The van der Waals surface area contributed by atoms with Crippen molar-refractivity contribution in [2.75, 3.05) is 32.6 Å². The van der Waals surface area contributed by atoms with Gasteiger partial charge in [-0.25, -0.2) is 9.97 Å². The lowest BCUT2D eigenvalue weighted by atomic mass is 10.1. The highest BCUT2D eigenvalue weighted by atomic mass is 16.5. The summed E-state index contributed by atoms with van der Waals surface area (Å²) in [5, 5.41) is 7.40. The number of likely N-dealkylation sites (tertiary alicyclic amines) is 1. The van der Waals surface area contributed by atoms with Crippen LogP contribution in [0.5, 0.6) is 5.75 Å². The molecule has 0 radical (unpaired) electrons. The van der Waals surface area contributed by atoms with E-state index >= 15 is 0 Å². The molecule has 1 unspecified atom stereocenters. The molecule has 1 atom stereocenters. The van der Waals surface area contributed by atoms with Crippen LogP contribution in [-0.2, 0) is 0 Å². The fraction of sp³-hybridized carbons (Fsp3) is 0.379. The maximum absolute atomic E-state index is 12.9. The predicted molar refractivity (Wildman–Crippen MR) is 150 cm³/mol. The van der Waals surface area contributed by atoms with Gasteiger partial charge in [0.15, 0.2) is 0 Å². The molecule has 38 heavy (non-hydrogen) atoms. The second-order valence-corrected chi connectivity index (χ2v) is 10.1. The van der Waals surface area contributed by atoms with Gasteiger partial charge in [-0.1, -0.05) is 0 Å². The van der Waals surface area contributed by atoms with Gasteiger partial charge in [0.2, 0.25) is 5.95 Å². The number of carbonyl (C=O) groups excluding carboxylic acids is 1. The van der Waals surface area contributed by atoms with Gasteiger partial charge < -0.3 is 24.8 Å². The number of nitrogens with one attached hydrogen (secondary N) is 2. The van der Waals surface area contributed by atoms with Gasteiger partial charge >= 0.3 is 0 Å². The van der Waals surface area contributed by atoms with E-state index in [-0.39, 0.29) is 11.9 Å². The number of carbonyl (C=O) groups is 1. The van der Waals surface area contributed by atoms with Crippen molar-refractivity contribution < 1.29 is 9.53 Å². The summed E-state index contributed by atoms with van der Waals surface area (Å²) in [4.78, 5) is 28.8. The third kappa shape index (κ3) is 5.33. The Balaban J connectivity index is 1.36. The molecule has 1 amide bonds. The SMILES string of the molecule is COc1ccc(C(=O)NCCC2CCCN2C)cc1Nc1nccc(-c2cn(C(C)C)c3cnccc23)n1. The average molecular weight is 514 g/mol. The Bertz CT molecular complexity index is 1430. The third-order valence-corrected chi connectivity index (χ3v) is 7.27. The van der Waals surface area contributed by atoms with E-state index < -0.39 is 0 Å². The summed E-state index contributed by atoms with van der Waals surface area (Å²) in [5.74, 6) is 0.911. The van der Waals surface area contributed by atoms with Gasteiger partial charge in [0.1, 0.15) is 5.75 Å². The molecule has 1 aliphatic rings. The number of aromatic nitrogens is 4. The molecule has 1 saturated heterocycles. The molecule has 4 heterocycles. The number of hydrogen-bond acceptors (Lipinski definition) is 7. The summed E-state index contributed by atoms with van der Waals surface area (Å²) in [6.45, 7) is 6.07. The van der Waals surface area contributed by atoms with E-state index in [4.69, 9.17) is 9.72 Å². The first-order valence-corrected chi connectivity index (χ1v) is 13.2. The summed E-state index contributed by atoms with van der Waals surface area (Å²) in [6, 6.07) is 10.1. The van der Waals surface area contributed by atoms with Gasteiger partial charge in [0.25, 0.3) is 5.91 Å². The van der Waals surface area contributed by atoms with E-state index in [2.05, 4.69) is 57.2 Å². The van der Waals surface area contributed by atoms with Gasteiger partial charge in [-0.05, 0) is 77.0 Å². The van der Waals surface area contributed by atoms with E-state index in [1.165, 1.54) is 12.8 Å². The van der Waals surface area contributed by atoms with Crippen molar-refractivity contribution in [2.45, 2.75) is 45.2 Å². The highest BCUT2D eigenvalue weighted by Gasteiger charge is 2.21. The number of anilines is 2. The van der Waals surface area contributed by atoms with Crippen molar-refractivity contribution in [2.24, 2.45) is 0 Å². The molecular weight excluding hydrogens is 478 g/mol. The summed E-state index contributed by atoms with van der Waals surface area (Å²) >= 11 is 0. The average Bonchev–Trinajstić information content (AvgIpc) is 3.52. The normalized spacial score (nSPS) is 15.8. The molecule has 0 saturated carbocycles. The highest BCUT2D eigenvalue weighted by Crippen LogP contribution is 2.32. The lowest BCUT2D eigenvalue weighted by Gasteiger charge is -2.19. The van der Waals surface area contributed by atoms with Crippen LogP contribution in [0.25, 0.3) is 22.2 Å². The van der Waals surface area contributed by atoms with Crippen LogP contribution in [0.4, 0.5) is 11.6 Å². The summed E-state index contributed by atoms with van der Waals surface area (Å²) in [7, 11) is 3.75. The van der Waals surface area contributed by atoms with Crippen molar-refractivity contribution in [3.05, 3.63) is 60.7 Å². The molecular formula is C29H35N7O2. The zero-order valence-corrected chi connectivity index (χ0v) is 22.4. The first-order chi connectivity index (χ1) is 18.4. The lowest BCUT2D eigenvalue weighted by molar-refractivity contribution is 0.0950. The van der Waals surface area contributed by atoms with Crippen LogP contribution in [0.15, 0.2) is 55.1 Å². The molecule has 0 aliphatic carbocycles. The van der Waals surface area contributed by atoms with Gasteiger partial charge in [0.05, 0.1) is 30.2 Å². The zero-order chi connectivity index (χ0) is 26.6. The second kappa shape index (κ2) is 11.2. The van der Waals surface area contributed by atoms with Crippen LogP contribution in [0.3, 0.4) is 0 Å². The quantitative estimate of drug-likeness (QED) is 0.324. The first-order valence-electron chi connectivity index (χ1n) is 13.2. The van der Waals surface area contributed by atoms with Crippen molar-refractivity contribution in [1.82, 2.24) is 29.7 Å². The largest absolute Gasteiger partial charge is 0.495 e. The lowest BCUT2D eigenvalue weighted by Crippen LogP contribution is -2.31. The number of nitrogens with zero attached hydrogens (tertiary/aromatic N) is 5. The maximum Gasteiger partial charge on any atom is 0.251 e. The molecule has 1 fully saturated rings. The van der Waals surface area contributed by atoms with Crippen molar-refractivity contribution in [1.29, 1.82) is 0 Å². The molecule has 4 aromatic rings. The van der Waals surface area contributed by atoms with E-state index in [0.717, 1.165) is 35.1 Å². The van der Waals surface area contributed by atoms with Gasteiger partial charge in [-0.3, -0.25) is 9.78 Å². The minimum Gasteiger partial charge on any atom is -0.495 e. The van der Waals surface area contributed by atoms with Crippen molar-refractivity contribution >= 4 is 28.4 Å². The summed E-state index contributed by atoms with van der Waals surface area (Å²) in [6.07, 6.45) is 10.9. The molecule has 1 aromatic carbocycles. The Morgan fingerprint density at radius 1 is 1.21 bits per heavy atom. The number of fused-ring (bicyclic) bond motifs is 1. The second-order valence-electron chi connectivity index (χ2n) is 10.1. The van der Waals surface area contributed by atoms with E-state index in [0.29, 0.717) is 35.5 Å². The molecule has 0 spiro atoms. The fourth-order valence-electron chi connectivity index (χ4n) is 5.16. The Morgan fingerprint density at radius 3 is 2.84 bits per heavy atom. The van der Waals surface area contributed by atoms with Crippen LogP contribution in [0, 0.1) is 0 Å². The number of benzene rings is 1.